The molecule has 0 radical (unpaired) electrons. The highest BCUT2D eigenvalue weighted by molar-refractivity contribution is 5.75. The number of carbonyl (C=O) groups is 1. The molecule has 1 rings (SSSR count). The van der Waals surface area contributed by atoms with Gasteiger partial charge in [-0.1, -0.05) is 13.8 Å². The molecule has 2 atom stereocenters. The smallest absolute Gasteiger partial charge is 0.233 e. The molecule has 0 bridgehead atoms. The molecule has 1 fully saturated rings. The van der Waals surface area contributed by atoms with E-state index in [4.69, 9.17) is 5.84 Å². The van der Waals surface area contributed by atoms with Crippen LogP contribution in [0.2, 0.25) is 0 Å². The van der Waals surface area contributed by atoms with Crippen molar-refractivity contribution in [3.63, 3.8) is 0 Å². The standard InChI is InChI=1S/C10H21N3O/c1-8-6-13(7-9(8)2)5-3-4-10(14)12-11/h8-9H,3-7,11H2,1-2H3,(H,12,14). The Morgan fingerprint density at radius 3 is 2.50 bits per heavy atom. The molecule has 0 saturated carbocycles. The van der Waals surface area contributed by atoms with Gasteiger partial charge in [-0.15, -0.1) is 0 Å². The van der Waals surface area contributed by atoms with Gasteiger partial charge in [-0.25, -0.2) is 5.84 Å². The molecule has 1 aliphatic heterocycles. The van der Waals surface area contributed by atoms with Gasteiger partial charge in [0.05, 0.1) is 0 Å². The summed E-state index contributed by atoms with van der Waals surface area (Å²) in [5, 5.41) is 0. The lowest BCUT2D eigenvalue weighted by Crippen LogP contribution is -2.31. The molecule has 4 nitrogen and oxygen atoms in total. The number of nitrogens with two attached hydrogens (primary N) is 1. The molecule has 3 N–H and O–H groups in total. The topological polar surface area (TPSA) is 58.4 Å². The molecule has 0 aromatic heterocycles. The summed E-state index contributed by atoms with van der Waals surface area (Å²) >= 11 is 0. The van der Waals surface area contributed by atoms with E-state index in [1.165, 1.54) is 13.1 Å². The predicted octanol–water partition coefficient (Wildman–Crippen LogP) is 0.344. The number of nitrogens with one attached hydrogen (secondary N) is 1. The van der Waals surface area contributed by atoms with Gasteiger partial charge in [-0.05, 0) is 24.8 Å². The van der Waals surface area contributed by atoms with Gasteiger partial charge in [-0.2, -0.15) is 0 Å². The van der Waals surface area contributed by atoms with E-state index in [9.17, 15) is 4.79 Å². The molecule has 0 aromatic rings. The van der Waals surface area contributed by atoms with Gasteiger partial charge in [0.1, 0.15) is 0 Å². The van der Waals surface area contributed by atoms with Crippen molar-refractivity contribution in [3.8, 4) is 0 Å². The van der Waals surface area contributed by atoms with Crippen LogP contribution in [0.4, 0.5) is 0 Å². The highest BCUT2D eigenvalue weighted by Gasteiger charge is 2.25. The first-order valence-corrected chi connectivity index (χ1v) is 5.35. The van der Waals surface area contributed by atoms with Crippen LogP contribution in [-0.2, 0) is 4.79 Å². The fraction of sp³-hybridized carbons (Fsp3) is 0.900. The Balaban J connectivity index is 2.11. The van der Waals surface area contributed by atoms with Crippen molar-refractivity contribution in [3.05, 3.63) is 0 Å². The Bertz CT molecular complexity index is 186. The molecule has 1 heterocycles. The lowest BCUT2D eigenvalue weighted by Gasteiger charge is -2.14. The number of rotatable bonds is 4. The van der Waals surface area contributed by atoms with Crippen molar-refractivity contribution in [2.75, 3.05) is 19.6 Å². The minimum Gasteiger partial charge on any atom is -0.303 e. The number of hydrazine groups is 1. The first kappa shape index (κ1) is 11.5. The van der Waals surface area contributed by atoms with Crippen molar-refractivity contribution in [2.24, 2.45) is 17.7 Å². The number of nitrogens with zero attached hydrogens (tertiary/aromatic N) is 1. The summed E-state index contributed by atoms with van der Waals surface area (Å²) < 4.78 is 0. The first-order chi connectivity index (χ1) is 6.63. The van der Waals surface area contributed by atoms with Gasteiger partial charge in [-0.3, -0.25) is 10.2 Å². The average Bonchev–Trinajstić information content (AvgIpc) is 2.46. The molecular formula is C10H21N3O. The van der Waals surface area contributed by atoms with Crippen LogP contribution in [0.1, 0.15) is 26.7 Å². The molecule has 1 aliphatic rings. The quantitative estimate of drug-likeness (QED) is 0.390. The van der Waals surface area contributed by atoms with Crippen LogP contribution < -0.4 is 11.3 Å². The molecule has 1 amide bonds. The monoisotopic (exact) mass is 199 g/mol. The van der Waals surface area contributed by atoms with E-state index in [1.54, 1.807) is 0 Å². The van der Waals surface area contributed by atoms with Gasteiger partial charge < -0.3 is 4.90 Å². The second-order valence-corrected chi connectivity index (χ2v) is 4.39. The van der Waals surface area contributed by atoms with Crippen molar-refractivity contribution in [1.82, 2.24) is 10.3 Å². The maximum Gasteiger partial charge on any atom is 0.233 e. The van der Waals surface area contributed by atoms with E-state index in [1.807, 2.05) is 0 Å². The van der Waals surface area contributed by atoms with Crippen LogP contribution in [0.25, 0.3) is 0 Å². The van der Waals surface area contributed by atoms with Crippen LogP contribution in [0.15, 0.2) is 0 Å². The van der Waals surface area contributed by atoms with Crippen LogP contribution in [0.3, 0.4) is 0 Å². The molecule has 82 valence electrons. The summed E-state index contributed by atoms with van der Waals surface area (Å²) in [6.45, 7) is 7.94. The Kier molecular flexibility index (Phi) is 4.35. The predicted molar refractivity (Wildman–Crippen MR) is 56.3 cm³/mol. The largest absolute Gasteiger partial charge is 0.303 e. The molecule has 0 aromatic carbocycles. The highest BCUT2D eigenvalue weighted by Crippen LogP contribution is 2.21. The fourth-order valence-corrected chi connectivity index (χ4v) is 1.97. The normalized spacial score (nSPS) is 27.9. The Morgan fingerprint density at radius 2 is 2.00 bits per heavy atom. The van der Waals surface area contributed by atoms with Crippen molar-refractivity contribution >= 4 is 5.91 Å². The summed E-state index contributed by atoms with van der Waals surface area (Å²) in [7, 11) is 0. The Morgan fingerprint density at radius 1 is 1.43 bits per heavy atom. The summed E-state index contributed by atoms with van der Waals surface area (Å²) in [5.74, 6) is 6.51. The van der Waals surface area contributed by atoms with Gasteiger partial charge >= 0.3 is 0 Å². The van der Waals surface area contributed by atoms with Crippen molar-refractivity contribution < 1.29 is 4.79 Å². The van der Waals surface area contributed by atoms with Gasteiger partial charge in [0.15, 0.2) is 0 Å². The molecule has 14 heavy (non-hydrogen) atoms. The lowest BCUT2D eigenvalue weighted by atomic mass is 10.0. The maximum atomic E-state index is 10.9. The number of hydrogen-bond donors (Lipinski definition) is 2. The van der Waals surface area contributed by atoms with Gasteiger partial charge in [0.2, 0.25) is 5.91 Å². The van der Waals surface area contributed by atoms with Crippen LogP contribution in [0.5, 0.6) is 0 Å². The van der Waals surface area contributed by atoms with E-state index < -0.39 is 0 Å². The van der Waals surface area contributed by atoms with Crippen LogP contribution >= 0.6 is 0 Å². The summed E-state index contributed by atoms with van der Waals surface area (Å²) in [6.07, 6.45) is 1.44. The second-order valence-electron chi connectivity index (χ2n) is 4.39. The SMILES string of the molecule is CC1CN(CCCC(=O)NN)CC1C. The number of hydrogen-bond acceptors (Lipinski definition) is 3. The first-order valence-electron chi connectivity index (χ1n) is 5.35. The molecule has 0 aliphatic carbocycles. The van der Waals surface area contributed by atoms with Crippen molar-refractivity contribution in [2.45, 2.75) is 26.7 Å². The molecule has 4 heteroatoms. The third-order valence-electron chi connectivity index (χ3n) is 3.10. The van der Waals surface area contributed by atoms with E-state index >= 15 is 0 Å². The van der Waals surface area contributed by atoms with E-state index in [2.05, 4.69) is 24.2 Å². The summed E-state index contributed by atoms with van der Waals surface area (Å²) in [5.41, 5.74) is 2.15. The third-order valence-corrected chi connectivity index (χ3v) is 3.10. The number of amides is 1. The summed E-state index contributed by atoms with van der Waals surface area (Å²) in [6, 6.07) is 0. The van der Waals surface area contributed by atoms with Crippen LogP contribution in [0, 0.1) is 11.8 Å². The van der Waals surface area contributed by atoms with Gasteiger partial charge in [0.25, 0.3) is 0 Å². The maximum absolute atomic E-state index is 10.9. The fourth-order valence-electron chi connectivity index (χ4n) is 1.97. The average molecular weight is 199 g/mol. The number of likely N-dealkylation sites (tertiary alicyclic amines) is 1. The molecule has 2 unspecified atom stereocenters. The second kappa shape index (κ2) is 5.32. The molecular weight excluding hydrogens is 178 g/mol. The highest BCUT2D eigenvalue weighted by atomic mass is 16.2. The molecule has 0 spiro atoms. The zero-order valence-electron chi connectivity index (χ0n) is 9.12. The van der Waals surface area contributed by atoms with Crippen LogP contribution in [-0.4, -0.2) is 30.4 Å². The Hall–Kier alpha value is -0.610. The van der Waals surface area contributed by atoms with E-state index in [-0.39, 0.29) is 5.91 Å². The zero-order chi connectivity index (χ0) is 10.6. The summed E-state index contributed by atoms with van der Waals surface area (Å²) in [4.78, 5) is 13.3. The van der Waals surface area contributed by atoms with Crippen molar-refractivity contribution in [1.29, 1.82) is 0 Å². The minimum atomic E-state index is -0.0645. The third kappa shape index (κ3) is 3.27. The van der Waals surface area contributed by atoms with E-state index in [0.717, 1.165) is 24.8 Å². The number of carbonyl (C=O) groups excluding carboxylic acids is 1. The molecule has 1 saturated heterocycles. The van der Waals surface area contributed by atoms with E-state index in [0.29, 0.717) is 6.42 Å². The van der Waals surface area contributed by atoms with Gasteiger partial charge in [0, 0.05) is 19.5 Å². The Labute approximate surface area is 85.8 Å². The zero-order valence-corrected chi connectivity index (χ0v) is 9.12. The lowest BCUT2D eigenvalue weighted by molar-refractivity contribution is -0.121. The minimum absolute atomic E-state index is 0.0645.